The van der Waals surface area contributed by atoms with Gasteiger partial charge in [0.1, 0.15) is 0 Å². The van der Waals surface area contributed by atoms with Gasteiger partial charge in [0.2, 0.25) is 0 Å². The molecule has 3 amide bonds. The van der Waals surface area contributed by atoms with Gasteiger partial charge in [0.25, 0.3) is 5.91 Å². The second-order valence-corrected chi connectivity index (χ2v) is 6.73. The minimum absolute atomic E-state index is 0.220. The number of anilines is 1. The Morgan fingerprint density at radius 3 is 2.24 bits per heavy atom. The van der Waals surface area contributed by atoms with Crippen molar-refractivity contribution in [3.05, 3.63) is 29.8 Å². The smallest absolute Gasteiger partial charge is 0.338 e. The van der Waals surface area contributed by atoms with Crippen LogP contribution in [-0.2, 0) is 9.53 Å². The van der Waals surface area contributed by atoms with E-state index < -0.39 is 12.0 Å². The number of carbonyl (C=O) groups is 3. The summed E-state index contributed by atoms with van der Waals surface area (Å²) < 4.78 is 5.12. The molecule has 0 bridgehead atoms. The van der Waals surface area contributed by atoms with Gasteiger partial charge in [-0.2, -0.15) is 0 Å². The molecular weight excluding hydrogens is 322 g/mol. The molecule has 0 radical (unpaired) electrons. The summed E-state index contributed by atoms with van der Waals surface area (Å²) in [4.78, 5) is 37.0. The van der Waals surface area contributed by atoms with Crippen LogP contribution in [0.3, 0.4) is 0 Å². The van der Waals surface area contributed by atoms with Crippen LogP contribution in [0.1, 0.15) is 38.1 Å². The van der Waals surface area contributed by atoms with E-state index >= 15 is 0 Å². The van der Waals surface area contributed by atoms with Crippen LogP contribution < -0.4 is 11.1 Å². The number of hydrogen-bond acceptors (Lipinski definition) is 4. The number of carbonyl (C=O) groups excluding carboxylic acids is 3. The second-order valence-electron chi connectivity index (χ2n) is 6.73. The highest BCUT2D eigenvalue weighted by Gasteiger charge is 2.18. The Morgan fingerprint density at radius 2 is 1.72 bits per heavy atom. The molecule has 1 aromatic carbocycles. The SMILES string of the molecule is CC(C)CN(CC(C)C)C(=O)COC(=O)c1cccc(NC(N)=O)c1. The van der Waals surface area contributed by atoms with E-state index in [2.05, 4.69) is 5.32 Å². The van der Waals surface area contributed by atoms with Gasteiger partial charge in [0, 0.05) is 18.8 Å². The monoisotopic (exact) mass is 349 g/mol. The molecule has 0 fully saturated rings. The lowest BCUT2D eigenvalue weighted by atomic mass is 10.1. The van der Waals surface area contributed by atoms with Gasteiger partial charge in [-0.15, -0.1) is 0 Å². The molecule has 0 saturated heterocycles. The Kier molecular flexibility index (Phi) is 7.91. The number of esters is 1. The number of nitrogens with two attached hydrogens (primary N) is 1. The van der Waals surface area contributed by atoms with Crippen molar-refractivity contribution in [2.75, 3.05) is 25.0 Å². The summed E-state index contributed by atoms with van der Waals surface area (Å²) in [6.45, 7) is 9.05. The van der Waals surface area contributed by atoms with Crippen molar-refractivity contribution in [2.45, 2.75) is 27.7 Å². The van der Waals surface area contributed by atoms with Gasteiger partial charge in [-0.3, -0.25) is 4.79 Å². The predicted octanol–water partition coefficient (Wildman–Crippen LogP) is 2.47. The van der Waals surface area contributed by atoms with Crippen molar-refractivity contribution in [3.63, 3.8) is 0 Å². The first kappa shape index (κ1) is 20.5. The first-order valence-electron chi connectivity index (χ1n) is 8.30. The zero-order chi connectivity index (χ0) is 19.0. The molecule has 0 aliphatic carbocycles. The van der Waals surface area contributed by atoms with Crippen LogP contribution in [0.4, 0.5) is 10.5 Å². The highest BCUT2D eigenvalue weighted by Crippen LogP contribution is 2.12. The second kappa shape index (κ2) is 9.66. The molecule has 0 heterocycles. The Labute approximate surface area is 148 Å². The van der Waals surface area contributed by atoms with Gasteiger partial charge < -0.3 is 20.7 Å². The molecule has 0 aliphatic rings. The average Bonchev–Trinajstić information content (AvgIpc) is 2.50. The Hall–Kier alpha value is -2.57. The highest BCUT2D eigenvalue weighted by molar-refractivity contribution is 5.94. The van der Waals surface area contributed by atoms with E-state index in [1.54, 1.807) is 23.1 Å². The summed E-state index contributed by atoms with van der Waals surface area (Å²) >= 11 is 0. The number of primary amides is 1. The fraction of sp³-hybridized carbons (Fsp3) is 0.500. The number of ether oxygens (including phenoxy) is 1. The summed E-state index contributed by atoms with van der Waals surface area (Å²) in [6, 6.07) is 5.45. The third-order valence-electron chi connectivity index (χ3n) is 3.22. The standard InChI is InChI=1S/C18H27N3O4/c1-12(2)9-21(10-13(3)4)16(22)11-25-17(23)14-6-5-7-15(8-14)20-18(19)24/h5-8,12-13H,9-11H2,1-4H3,(H3,19,20,24). The molecule has 138 valence electrons. The van der Waals surface area contributed by atoms with E-state index in [0.717, 1.165) is 0 Å². The minimum Gasteiger partial charge on any atom is -0.452 e. The van der Waals surface area contributed by atoms with Gasteiger partial charge in [0.15, 0.2) is 6.61 Å². The molecule has 7 nitrogen and oxygen atoms in total. The summed E-state index contributed by atoms with van der Waals surface area (Å²) in [5.41, 5.74) is 5.66. The molecule has 0 atom stereocenters. The van der Waals surface area contributed by atoms with Crippen LogP contribution in [0.25, 0.3) is 0 Å². The molecule has 0 aliphatic heterocycles. The van der Waals surface area contributed by atoms with Crippen LogP contribution in [0, 0.1) is 11.8 Å². The largest absolute Gasteiger partial charge is 0.452 e. The maximum absolute atomic E-state index is 12.3. The fourth-order valence-corrected chi connectivity index (χ4v) is 2.33. The van der Waals surface area contributed by atoms with E-state index in [4.69, 9.17) is 10.5 Å². The quantitative estimate of drug-likeness (QED) is 0.704. The molecule has 0 spiro atoms. The van der Waals surface area contributed by atoms with Crippen molar-refractivity contribution in [3.8, 4) is 0 Å². The minimum atomic E-state index is -0.723. The number of rotatable bonds is 8. The summed E-state index contributed by atoms with van der Waals surface area (Å²) in [7, 11) is 0. The number of hydrogen-bond donors (Lipinski definition) is 2. The van der Waals surface area contributed by atoms with Crippen LogP contribution in [0.2, 0.25) is 0 Å². The summed E-state index contributed by atoms with van der Waals surface area (Å²) in [5, 5.41) is 2.38. The van der Waals surface area contributed by atoms with Crippen LogP contribution in [0.5, 0.6) is 0 Å². The summed E-state index contributed by atoms with van der Waals surface area (Å²) in [6.07, 6.45) is 0. The first-order chi connectivity index (χ1) is 11.7. The zero-order valence-corrected chi connectivity index (χ0v) is 15.2. The van der Waals surface area contributed by atoms with Gasteiger partial charge in [-0.25, -0.2) is 9.59 Å². The van der Waals surface area contributed by atoms with Gasteiger partial charge >= 0.3 is 12.0 Å². The normalized spacial score (nSPS) is 10.6. The number of benzene rings is 1. The number of amides is 3. The number of nitrogens with zero attached hydrogens (tertiary/aromatic N) is 1. The third kappa shape index (κ3) is 7.69. The van der Waals surface area contributed by atoms with E-state index in [1.807, 2.05) is 27.7 Å². The Bertz CT molecular complexity index is 604. The van der Waals surface area contributed by atoms with E-state index in [1.165, 1.54) is 6.07 Å². The van der Waals surface area contributed by atoms with Crippen molar-refractivity contribution in [1.29, 1.82) is 0 Å². The van der Waals surface area contributed by atoms with E-state index in [-0.39, 0.29) is 18.1 Å². The highest BCUT2D eigenvalue weighted by atomic mass is 16.5. The van der Waals surface area contributed by atoms with Crippen molar-refractivity contribution in [2.24, 2.45) is 17.6 Å². The molecule has 7 heteroatoms. The Balaban J connectivity index is 2.67. The van der Waals surface area contributed by atoms with Crippen LogP contribution in [0.15, 0.2) is 24.3 Å². The molecule has 0 aromatic heterocycles. The van der Waals surface area contributed by atoms with Gasteiger partial charge in [-0.05, 0) is 30.0 Å². The molecule has 1 rings (SSSR count). The van der Waals surface area contributed by atoms with Crippen molar-refractivity contribution >= 4 is 23.6 Å². The topological polar surface area (TPSA) is 102 Å². The molecule has 3 N–H and O–H groups in total. The third-order valence-corrected chi connectivity index (χ3v) is 3.22. The predicted molar refractivity (Wildman–Crippen MR) is 96.2 cm³/mol. The van der Waals surface area contributed by atoms with Gasteiger partial charge in [0.05, 0.1) is 5.56 Å². The molecular formula is C18H27N3O4. The zero-order valence-electron chi connectivity index (χ0n) is 15.2. The summed E-state index contributed by atoms with van der Waals surface area (Å²) in [5.74, 6) is -0.192. The van der Waals surface area contributed by atoms with Gasteiger partial charge in [-0.1, -0.05) is 33.8 Å². The number of urea groups is 1. The van der Waals surface area contributed by atoms with Crippen molar-refractivity contribution in [1.82, 2.24) is 4.90 Å². The maximum atomic E-state index is 12.3. The molecule has 25 heavy (non-hydrogen) atoms. The molecule has 1 aromatic rings. The van der Waals surface area contributed by atoms with Crippen molar-refractivity contribution < 1.29 is 19.1 Å². The number of nitrogens with one attached hydrogen (secondary N) is 1. The average molecular weight is 349 g/mol. The first-order valence-corrected chi connectivity index (χ1v) is 8.30. The maximum Gasteiger partial charge on any atom is 0.338 e. The molecule has 0 unspecified atom stereocenters. The molecule has 0 saturated carbocycles. The van der Waals surface area contributed by atoms with Crippen LogP contribution >= 0.6 is 0 Å². The lowest BCUT2D eigenvalue weighted by molar-refractivity contribution is -0.135. The fourth-order valence-electron chi connectivity index (χ4n) is 2.33. The lowest BCUT2D eigenvalue weighted by Gasteiger charge is -2.26. The van der Waals surface area contributed by atoms with Crippen LogP contribution in [-0.4, -0.2) is 42.5 Å². The Morgan fingerprint density at radius 1 is 1.12 bits per heavy atom. The van der Waals surface area contributed by atoms with E-state index in [9.17, 15) is 14.4 Å². The lowest BCUT2D eigenvalue weighted by Crippen LogP contribution is -2.39. The van der Waals surface area contributed by atoms with E-state index in [0.29, 0.717) is 30.6 Å².